The van der Waals surface area contributed by atoms with Crippen molar-refractivity contribution in [1.29, 1.82) is 0 Å². The second-order valence-corrected chi connectivity index (χ2v) is 4.01. The van der Waals surface area contributed by atoms with Gasteiger partial charge in [-0.2, -0.15) is 0 Å². The molecule has 0 aliphatic heterocycles. The Labute approximate surface area is 107 Å². The molecule has 1 N–H and O–H groups in total. The van der Waals surface area contributed by atoms with Crippen molar-refractivity contribution in [2.24, 2.45) is 0 Å². The number of rotatable bonds is 3. The highest BCUT2D eigenvalue weighted by atomic mass is 19.1. The first kappa shape index (κ1) is 13.2. The summed E-state index contributed by atoms with van der Waals surface area (Å²) in [5, 5.41) is 21.5. The third kappa shape index (κ3) is 2.32. The summed E-state index contributed by atoms with van der Waals surface area (Å²) in [6, 6.07) is 8.62. The molecule has 2 aromatic carbocycles. The Morgan fingerprint density at radius 1 is 0.895 bits per heavy atom. The predicted molar refractivity (Wildman–Crippen MR) is 60.8 cm³/mol. The Kier molecular flexibility index (Phi) is 3.31. The summed E-state index contributed by atoms with van der Waals surface area (Å²) in [7, 11) is 0. The number of hydrogen-bond acceptors (Lipinski definition) is 3. The Balaban J connectivity index is 2.57. The van der Waals surface area contributed by atoms with Crippen molar-refractivity contribution < 1.29 is 23.8 Å². The maximum absolute atomic E-state index is 12.8. The quantitative estimate of drug-likeness (QED) is 0.897. The van der Waals surface area contributed by atoms with E-state index in [4.69, 9.17) is 0 Å². The molecule has 0 spiro atoms. The van der Waals surface area contributed by atoms with E-state index < -0.39 is 23.2 Å². The summed E-state index contributed by atoms with van der Waals surface area (Å²) >= 11 is 0. The third-order valence-corrected chi connectivity index (χ3v) is 2.82. The summed E-state index contributed by atoms with van der Waals surface area (Å²) in [6.45, 7) is 0. The van der Waals surface area contributed by atoms with Gasteiger partial charge >= 0.3 is 0 Å². The molecule has 19 heavy (non-hydrogen) atoms. The minimum Gasteiger partial charge on any atom is -0.546 e. The summed E-state index contributed by atoms with van der Waals surface area (Å²) < 4.78 is 25.7. The zero-order valence-corrected chi connectivity index (χ0v) is 9.64. The van der Waals surface area contributed by atoms with Crippen LogP contribution < -0.4 is 5.11 Å². The van der Waals surface area contributed by atoms with E-state index in [1.54, 1.807) is 0 Å². The third-order valence-electron chi connectivity index (χ3n) is 2.82. The van der Waals surface area contributed by atoms with Gasteiger partial charge in [0.25, 0.3) is 0 Å². The first-order valence-corrected chi connectivity index (χ1v) is 5.40. The molecule has 0 aromatic heterocycles. The van der Waals surface area contributed by atoms with Gasteiger partial charge in [0.15, 0.2) is 5.60 Å². The lowest BCUT2D eigenvalue weighted by atomic mass is 9.86. The molecule has 3 nitrogen and oxygen atoms in total. The lowest BCUT2D eigenvalue weighted by molar-refractivity contribution is -0.322. The van der Waals surface area contributed by atoms with Crippen LogP contribution in [-0.4, -0.2) is 11.1 Å². The lowest BCUT2D eigenvalue weighted by Gasteiger charge is -2.30. The van der Waals surface area contributed by atoms with E-state index in [2.05, 4.69) is 0 Å². The smallest absolute Gasteiger partial charge is 0.154 e. The Bertz CT molecular complexity index is 546. The predicted octanol–water partition coefficient (Wildman–Crippen LogP) is 0.951. The van der Waals surface area contributed by atoms with Crippen LogP contribution in [0.5, 0.6) is 0 Å². The van der Waals surface area contributed by atoms with Gasteiger partial charge < -0.3 is 15.0 Å². The summed E-state index contributed by atoms with van der Waals surface area (Å²) in [4.78, 5) is 11.2. The van der Waals surface area contributed by atoms with E-state index in [9.17, 15) is 23.8 Å². The molecular formula is C14H9F2O3-. The van der Waals surface area contributed by atoms with Gasteiger partial charge in [0.05, 0.1) is 5.97 Å². The molecule has 2 aromatic rings. The van der Waals surface area contributed by atoms with Gasteiger partial charge in [0, 0.05) is 0 Å². The number of carboxylic acids is 1. The molecule has 0 bridgehead atoms. The van der Waals surface area contributed by atoms with Gasteiger partial charge in [-0.1, -0.05) is 24.3 Å². The molecule has 0 radical (unpaired) electrons. The van der Waals surface area contributed by atoms with Gasteiger partial charge in [-0.25, -0.2) is 8.78 Å². The molecule has 0 saturated heterocycles. The minimum atomic E-state index is -2.46. The summed E-state index contributed by atoms with van der Waals surface area (Å²) in [6.07, 6.45) is 0. The molecule has 0 saturated carbocycles. The Morgan fingerprint density at radius 2 is 1.21 bits per heavy atom. The van der Waals surface area contributed by atoms with Crippen LogP contribution in [0.3, 0.4) is 0 Å². The molecule has 0 amide bonds. The average molecular weight is 263 g/mol. The standard InChI is InChI=1S/C14H10F2O3/c15-11-5-1-9(2-6-11)14(19,13(17)18)10-3-7-12(16)8-4-10/h1-8,19H,(H,17,18)/p-1. The van der Waals surface area contributed by atoms with E-state index >= 15 is 0 Å². The highest BCUT2D eigenvalue weighted by molar-refractivity contribution is 5.81. The molecule has 0 aliphatic rings. The fraction of sp³-hybridized carbons (Fsp3) is 0.0714. The van der Waals surface area contributed by atoms with Crippen LogP contribution in [0.4, 0.5) is 8.78 Å². The minimum absolute atomic E-state index is 0.0690. The summed E-state index contributed by atoms with van der Waals surface area (Å²) in [5.41, 5.74) is -2.59. The highest BCUT2D eigenvalue weighted by Crippen LogP contribution is 2.29. The highest BCUT2D eigenvalue weighted by Gasteiger charge is 2.33. The lowest BCUT2D eigenvalue weighted by Crippen LogP contribution is -2.46. The average Bonchev–Trinajstić information content (AvgIpc) is 2.39. The molecule has 0 unspecified atom stereocenters. The number of aliphatic carboxylic acids is 1. The fourth-order valence-electron chi connectivity index (χ4n) is 1.78. The molecule has 2 rings (SSSR count). The summed E-state index contributed by atoms with van der Waals surface area (Å²) in [5.74, 6) is -2.90. The number of aliphatic hydroxyl groups is 1. The molecule has 0 atom stereocenters. The monoisotopic (exact) mass is 263 g/mol. The van der Waals surface area contributed by atoms with Gasteiger partial charge in [-0.15, -0.1) is 0 Å². The maximum atomic E-state index is 12.8. The van der Waals surface area contributed by atoms with E-state index in [-0.39, 0.29) is 11.1 Å². The van der Waals surface area contributed by atoms with E-state index in [0.29, 0.717) is 0 Å². The topological polar surface area (TPSA) is 60.4 Å². The first-order valence-electron chi connectivity index (χ1n) is 5.40. The van der Waals surface area contributed by atoms with Crippen LogP contribution in [0.1, 0.15) is 11.1 Å². The number of carbonyl (C=O) groups excluding carboxylic acids is 1. The second-order valence-electron chi connectivity index (χ2n) is 4.01. The van der Waals surface area contributed by atoms with Crippen LogP contribution in [-0.2, 0) is 10.4 Å². The van der Waals surface area contributed by atoms with Gasteiger partial charge in [0.1, 0.15) is 11.6 Å². The fourth-order valence-corrected chi connectivity index (χ4v) is 1.78. The van der Waals surface area contributed by atoms with Crippen molar-refractivity contribution in [2.45, 2.75) is 5.60 Å². The van der Waals surface area contributed by atoms with Crippen LogP contribution in [0.15, 0.2) is 48.5 Å². The molecule has 98 valence electrons. The van der Waals surface area contributed by atoms with E-state index in [0.717, 1.165) is 48.5 Å². The van der Waals surface area contributed by atoms with Crippen LogP contribution in [0.2, 0.25) is 0 Å². The Morgan fingerprint density at radius 3 is 1.47 bits per heavy atom. The normalized spacial score (nSPS) is 11.3. The zero-order chi connectivity index (χ0) is 14.0. The molecule has 5 heteroatoms. The van der Waals surface area contributed by atoms with E-state index in [1.165, 1.54) is 0 Å². The maximum Gasteiger partial charge on any atom is 0.154 e. The molecule has 0 heterocycles. The SMILES string of the molecule is O=C([O-])C(O)(c1ccc(F)cc1)c1ccc(F)cc1. The number of carbonyl (C=O) groups is 1. The number of halogens is 2. The van der Waals surface area contributed by atoms with Gasteiger partial charge in [-0.05, 0) is 35.4 Å². The number of hydrogen-bond donors (Lipinski definition) is 1. The second kappa shape index (κ2) is 4.78. The van der Waals surface area contributed by atoms with E-state index in [1.807, 2.05) is 0 Å². The van der Waals surface area contributed by atoms with Crippen LogP contribution >= 0.6 is 0 Å². The van der Waals surface area contributed by atoms with Gasteiger partial charge in [0.2, 0.25) is 0 Å². The molecule has 0 aliphatic carbocycles. The van der Waals surface area contributed by atoms with Crippen LogP contribution in [0.25, 0.3) is 0 Å². The van der Waals surface area contributed by atoms with Crippen molar-refractivity contribution in [3.05, 3.63) is 71.3 Å². The van der Waals surface area contributed by atoms with Crippen molar-refractivity contribution in [3.63, 3.8) is 0 Å². The van der Waals surface area contributed by atoms with Crippen molar-refractivity contribution in [1.82, 2.24) is 0 Å². The van der Waals surface area contributed by atoms with Crippen molar-refractivity contribution in [2.75, 3.05) is 0 Å². The van der Waals surface area contributed by atoms with Crippen molar-refractivity contribution in [3.8, 4) is 0 Å². The molecular weight excluding hydrogens is 254 g/mol. The van der Waals surface area contributed by atoms with Crippen molar-refractivity contribution >= 4 is 5.97 Å². The largest absolute Gasteiger partial charge is 0.546 e. The molecule has 0 fully saturated rings. The number of carboxylic acid groups (broad SMARTS) is 1. The Hall–Kier alpha value is -2.27. The first-order chi connectivity index (χ1) is 8.94. The zero-order valence-electron chi connectivity index (χ0n) is 9.64. The van der Waals surface area contributed by atoms with Gasteiger partial charge in [-0.3, -0.25) is 0 Å². The number of benzene rings is 2. The van der Waals surface area contributed by atoms with Crippen LogP contribution in [0, 0.1) is 11.6 Å².